The van der Waals surface area contributed by atoms with Gasteiger partial charge >= 0.3 is 0 Å². The zero-order valence-electron chi connectivity index (χ0n) is 19.0. The number of amides is 1. The van der Waals surface area contributed by atoms with E-state index < -0.39 is 0 Å². The van der Waals surface area contributed by atoms with Crippen molar-refractivity contribution < 1.29 is 9.53 Å². The van der Waals surface area contributed by atoms with Crippen LogP contribution in [0, 0.1) is 0 Å². The van der Waals surface area contributed by atoms with Crippen molar-refractivity contribution in [2.24, 2.45) is 0 Å². The molecule has 2 aromatic carbocycles. The van der Waals surface area contributed by atoms with Gasteiger partial charge in [-0.05, 0) is 60.0 Å². The quantitative estimate of drug-likeness (QED) is 0.322. The van der Waals surface area contributed by atoms with Crippen LogP contribution in [0.4, 0.5) is 11.6 Å². The van der Waals surface area contributed by atoms with Crippen LogP contribution in [0.25, 0.3) is 11.3 Å². The highest BCUT2D eigenvalue weighted by Crippen LogP contribution is 2.34. The topological polar surface area (TPSA) is 89.0 Å². The van der Waals surface area contributed by atoms with Gasteiger partial charge in [0.05, 0.1) is 16.3 Å². The lowest BCUT2D eigenvalue weighted by Gasteiger charge is -2.13. The van der Waals surface area contributed by atoms with Crippen molar-refractivity contribution in [1.82, 2.24) is 15.0 Å². The fourth-order valence-corrected chi connectivity index (χ4v) is 3.43. The number of hydrogen-bond acceptors (Lipinski definition) is 6. The molecule has 0 aliphatic heterocycles. The van der Waals surface area contributed by atoms with Crippen LogP contribution in [0.2, 0.25) is 5.02 Å². The van der Waals surface area contributed by atoms with Crippen molar-refractivity contribution in [1.29, 1.82) is 0 Å². The van der Waals surface area contributed by atoms with Crippen molar-refractivity contribution in [2.75, 3.05) is 17.7 Å². The maximum atomic E-state index is 12.9. The Morgan fingerprint density at radius 2 is 1.79 bits per heavy atom. The predicted octanol–water partition coefficient (Wildman–Crippen LogP) is 6.40. The molecule has 0 fully saturated rings. The summed E-state index contributed by atoms with van der Waals surface area (Å²) in [5.74, 6) is 1.25. The van der Waals surface area contributed by atoms with Crippen LogP contribution < -0.4 is 15.4 Å². The maximum absolute atomic E-state index is 12.9. The lowest BCUT2D eigenvalue weighted by molar-refractivity contribution is 0.102. The molecular weight excluding hydrogens is 450 g/mol. The Morgan fingerprint density at radius 3 is 2.53 bits per heavy atom. The molecule has 2 heterocycles. The first-order chi connectivity index (χ1) is 16.4. The van der Waals surface area contributed by atoms with Crippen LogP contribution in [-0.2, 0) is 0 Å². The molecule has 172 valence electrons. The molecule has 0 saturated carbocycles. The van der Waals surface area contributed by atoms with Crippen LogP contribution in [0.15, 0.2) is 73.1 Å². The molecule has 0 aliphatic carbocycles. The lowest BCUT2D eigenvalue weighted by atomic mass is 10.0. The Morgan fingerprint density at radius 1 is 1.00 bits per heavy atom. The number of pyridine rings is 1. The SMILES string of the molecule is CNc1nccc(-c2cccnc2Oc2cc(C(=O)Nc3ccc(C(C)C)cc3)ccc2Cl)n1. The number of benzene rings is 2. The maximum Gasteiger partial charge on any atom is 0.255 e. The molecule has 0 radical (unpaired) electrons. The summed E-state index contributed by atoms with van der Waals surface area (Å²) in [6, 6.07) is 18.1. The van der Waals surface area contributed by atoms with Gasteiger partial charge in [0, 0.05) is 30.7 Å². The Kier molecular flexibility index (Phi) is 7.04. The molecule has 2 aromatic heterocycles. The van der Waals surface area contributed by atoms with Gasteiger partial charge in [-0.3, -0.25) is 4.79 Å². The number of ether oxygens (including phenoxy) is 1. The number of nitrogens with one attached hydrogen (secondary N) is 2. The molecule has 0 saturated heterocycles. The number of carbonyl (C=O) groups excluding carboxylic acids is 1. The van der Waals surface area contributed by atoms with Gasteiger partial charge in [-0.2, -0.15) is 0 Å². The summed E-state index contributed by atoms with van der Waals surface area (Å²) in [6.07, 6.45) is 3.26. The van der Waals surface area contributed by atoms with Crippen LogP contribution >= 0.6 is 11.6 Å². The largest absolute Gasteiger partial charge is 0.437 e. The molecule has 0 spiro atoms. The molecule has 0 unspecified atom stereocenters. The third kappa shape index (κ3) is 5.32. The molecule has 0 aliphatic rings. The van der Waals surface area contributed by atoms with E-state index in [4.69, 9.17) is 16.3 Å². The second-order valence-corrected chi connectivity index (χ2v) is 8.26. The molecule has 4 aromatic rings. The number of halogens is 1. The average Bonchev–Trinajstić information content (AvgIpc) is 2.86. The summed E-state index contributed by atoms with van der Waals surface area (Å²) < 4.78 is 6.05. The van der Waals surface area contributed by atoms with Gasteiger partial charge in [0.25, 0.3) is 5.91 Å². The number of hydrogen-bond donors (Lipinski definition) is 2. The van der Waals surface area contributed by atoms with E-state index in [9.17, 15) is 4.79 Å². The van der Waals surface area contributed by atoms with E-state index in [2.05, 4.69) is 39.4 Å². The minimum absolute atomic E-state index is 0.269. The van der Waals surface area contributed by atoms with Crippen molar-refractivity contribution in [3.8, 4) is 22.9 Å². The predicted molar refractivity (Wildman–Crippen MR) is 135 cm³/mol. The highest BCUT2D eigenvalue weighted by molar-refractivity contribution is 6.32. The number of carbonyl (C=O) groups is 1. The Bertz CT molecular complexity index is 1310. The lowest BCUT2D eigenvalue weighted by Crippen LogP contribution is -2.12. The zero-order chi connectivity index (χ0) is 24.1. The van der Waals surface area contributed by atoms with Gasteiger partial charge in [0.2, 0.25) is 11.8 Å². The van der Waals surface area contributed by atoms with Crippen LogP contribution in [0.1, 0.15) is 35.7 Å². The highest BCUT2D eigenvalue weighted by Gasteiger charge is 2.15. The van der Waals surface area contributed by atoms with E-state index in [1.807, 2.05) is 30.3 Å². The fraction of sp³-hybridized carbons (Fsp3) is 0.154. The Hall–Kier alpha value is -3.97. The molecule has 0 bridgehead atoms. The van der Waals surface area contributed by atoms with Crippen LogP contribution in [0.3, 0.4) is 0 Å². The van der Waals surface area contributed by atoms with Crippen molar-refractivity contribution >= 4 is 29.1 Å². The number of aromatic nitrogens is 3. The smallest absolute Gasteiger partial charge is 0.255 e. The van der Waals surface area contributed by atoms with Crippen molar-refractivity contribution in [3.05, 3.63) is 89.2 Å². The minimum Gasteiger partial charge on any atom is -0.437 e. The molecule has 2 N–H and O–H groups in total. The molecular formula is C26H24ClN5O2. The first-order valence-electron chi connectivity index (χ1n) is 10.8. The second-order valence-electron chi connectivity index (χ2n) is 7.85. The standard InChI is InChI=1S/C26H24ClN5O2/c1-16(2)17-6-9-19(10-7-17)31-24(33)18-8-11-21(27)23(15-18)34-25-20(5-4-13-29-25)22-12-14-30-26(28-3)32-22/h4-16H,1-3H3,(H,31,33)(H,28,30,32). The Labute approximate surface area is 203 Å². The van der Waals surface area contributed by atoms with Gasteiger partial charge in [-0.25, -0.2) is 15.0 Å². The summed E-state index contributed by atoms with van der Waals surface area (Å²) in [5, 5.41) is 6.18. The summed E-state index contributed by atoms with van der Waals surface area (Å²) in [6.45, 7) is 4.25. The van der Waals surface area contributed by atoms with E-state index in [1.165, 1.54) is 5.56 Å². The molecule has 4 rings (SSSR count). The normalized spacial score (nSPS) is 10.7. The molecule has 7 nitrogen and oxygen atoms in total. The number of anilines is 2. The minimum atomic E-state index is -0.269. The number of rotatable bonds is 7. The molecule has 34 heavy (non-hydrogen) atoms. The van der Waals surface area contributed by atoms with Crippen molar-refractivity contribution in [3.63, 3.8) is 0 Å². The van der Waals surface area contributed by atoms with E-state index in [-0.39, 0.29) is 5.91 Å². The van der Waals surface area contributed by atoms with Crippen LogP contribution in [0.5, 0.6) is 11.6 Å². The average molecular weight is 474 g/mol. The summed E-state index contributed by atoms with van der Waals surface area (Å²) in [7, 11) is 1.74. The first kappa shape index (κ1) is 23.2. The van der Waals surface area contributed by atoms with Crippen LogP contribution in [-0.4, -0.2) is 27.9 Å². The second kappa shape index (κ2) is 10.3. The zero-order valence-corrected chi connectivity index (χ0v) is 19.8. The van der Waals surface area contributed by atoms with Gasteiger partial charge in [-0.15, -0.1) is 0 Å². The Balaban J connectivity index is 1.58. The van der Waals surface area contributed by atoms with Gasteiger partial charge < -0.3 is 15.4 Å². The fourth-order valence-electron chi connectivity index (χ4n) is 3.28. The monoisotopic (exact) mass is 473 g/mol. The van der Waals surface area contributed by atoms with Gasteiger partial charge in [0.15, 0.2) is 0 Å². The molecule has 1 amide bonds. The van der Waals surface area contributed by atoms with E-state index in [0.717, 1.165) is 0 Å². The first-order valence-corrected chi connectivity index (χ1v) is 11.2. The third-order valence-corrected chi connectivity index (χ3v) is 5.47. The van der Waals surface area contributed by atoms with Gasteiger partial charge in [0.1, 0.15) is 5.75 Å². The summed E-state index contributed by atoms with van der Waals surface area (Å²) in [5.41, 5.74) is 3.62. The van der Waals surface area contributed by atoms with E-state index in [1.54, 1.807) is 49.8 Å². The van der Waals surface area contributed by atoms with Gasteiger partial charge in [-0.1, -0.05) is 37.6 Å². The third-order valence-electron chi connectivity index (χ3n) is 5.16. The molecule has 8 heteroatoms. The van der Waals surface area contributed by atoms with Crippen molar-refractivity contribution in [2.45, 2.75) is 19.8 Å². The molecule has 0 atom stereocenters. The summed E-state index contributed by atoms with van der Waals surface area (Å²) in [4.78, 5) is 25.8. The summed E-state index contributed by atoms with van der Waals surface area (Å²) >= 11 is 6.38. The number of nitrogens with zero attached hydrogens (tertiary/aromatic N) is 3. The van der Waals surface area contributed by atoms with E-state index >= 15 is 0 Å². The van der Waals surface area contributed by atoms with E-state index in [0.29, 0.717) is 51.0 Å². The highest BCUT2D eigenvalue weighted by atomic mass is 35.5.